The van der Waals surface area contributed by atoms with Gasteiger partial charge < -0.3 is 20.7 Å². The molecule has 1 fully saturated rings. The lowest BCUT2D eigenvalue weighted by Crippen LogP contribution is -2.41. The van der Waals surface area contributed by atoms with E-state index in [2.05, 4.69) is 10.3 Å². The van der Waals surface area contributed by atoms with Crippen molar-refractivity contribution in [3.63, 3.8) is 0 Å². The Labute approximate surface area is 164 Å². The molecule has 7 heteroatoms. The van der Waals surface area contributed by atoms with Crippen LogP contribution >= 0.6 is 0 Å². The van der Waals surface area contributed by atoms with Crippen LogP contribution in [0.2, 0.25) is 0 Å². The Kier molecular flexibility index (Phi) is 6.13. The number of nitrogens with zero attached hydrogens (tertiary/aromatic N) is 2. The number of ether oxygens (including phenoxy) is 1. The molecule has 2 aromatic rings. The Morgan fingerprint density at radius 3 is 2.82 bits per heavy atom. The SMILES string of the molecule is Cc1cccc(OC(C)C(=O)Nc2ccc(N3CCCC(C(N)=O)C3)nc2)c1. The van der Waals surface area contributed by atoms with Crippen molar-refractivity contribution in [3.8, 4) is 5.75 Å². The number of aryl methyl sites for hydroxylation is 1. The van der Waals surface area contributed by atoms with E-state index in [-0.39, 0.29) is 17.7 Å². The number of piperidine rings is 1. The minimum absolute atomic E-state index is 0.144. The quantitative estimate of drug-likeness (QED) is 0.800. The van der Waals surface area contributed by atoms with Crippen molar-refractivity contribution in [3.05, 3.63) is 48.2 Å². The third kappa shape index (κ3) is 5.00. The van der Waals surface area contributed by atoms with Crippen molar-refractivity contribution in [2.24, 2.45) is 11.7 Å². The fourth-order valence-corrected chi connectivity index (χ4v) is 3.25. The monoisotopic (exact) mass is 382 g/mol. The van der Waals surface area contributed by atoms with Gasteiger partial charge in [-0.1, -0.05) is 12.1 Å². The molecular weight excluding hydrogens is 356 g/mol. The Morgan fingerprint density at radius 2 is 2.14 bits per heavy atom. The van der Waals surface area contributed by atoms with Crippen LogP contribution in [0.15, 0.2) is 42.6 Å². The number of hydrogen-bond donors (Lipinski definition) is 2. The maximum absolute atomic E-state index is 12.4. The van der Waals surface area contributed by atoms with Crippen molar-refractivity contribution < 1.29 is 14.3 Å². The number of carbonyl (C=O) groups excluding carboxylic acids is 2. The first-order valence-corrected chi connectivity index (χ1v) is 9.47. The first kappa shape index (κ1) is 19.7. The molecule has 1 saturated heterocycles. The smallest absolute Gasteiger partial charge is 0.265 e. The molecule has 0 spiro atoms. The number of pyridine rings is 1. The van der Waals surface area contributed by atoms with Crippen molar-refractivity contribution in [2.75, 3.05) is 23.3 Å². The average Bonchev–Trinajstić information content (AvgIpc) is 2.68. The van der Waals surface area contributed by atoms with Gasteiger partial charge in [0.15, 0.2) is 6.10 Å². The molecule has 3 N–H and O–H groups in total. The van der Waals surface area contributed by atoms with Gasteiger partial charge in [0.25, 0.3) is 5.91 Å². The number of amides is 2. The van der Waals surface area contributed by atoms with Gasteiger partial charge in [0.2, 0.25) is 5.91 Å². The third-order valence-corrected chi connectivity index (χ3v) is 4.83. The predicted octanol–water partition coefficient (Wildman–Crippen LogP) is 2.50. The number of hydrogen-bond acceptors (Lipinski definition) is 5. The molecule has 0 aliphatic carbocycles. The van der Waals surface area contributed by atoms with E-state index in [0.29, 0.717) is 18.0 Å². The fraction of sp³-hybridized carbons (Fsp3) is 0.381. The number of nitrogens with one attached hydrogen (secondary N) is 1. The molecule has 1 aromatic carbocycles. The van der Waals surface area contributed by atoms with Crippen LogP contribution < -0.4 is 20.7 Å². The number of benzene rings is 1. The molecule has 3 rings (SSSR count). The highest BCUT2D eigenvalue weighted by molar-refractivity contribution is 5.94. The van der Waals surface area contributed by atoms with Gasteiger partial charge in [0, 0.05) is 13.1 Å². The summed E-state index contributed by atoms with van der Waals surface area (Å²) < 4.78 is 5.70. The molecule has 28 heavy (non-hydrogen) atoms. The lowest BCUT2D eigenvalue weighted by molar-refractivity contribution is -0.122. The number of aromatic nitrogens is 1. The van der Waals surface area contributed by atoms with Crippen LogP contribution in [0.1, 0.15) is 25.3 Å². The maximum Gasteiger partial charge on any atom is 0.265 e. The summed E-state index contributed by atoms with van der Waals surface area (Å²) in [5.74, 6) is 0.770. The molecule has 7 nitrogen and oxygen atoms in total. The highest BCUT2D eigenvalue weighted by Gasteiger charge is 2.24. The fourth-order valence-electron chi connectivity index (χ4n) is 3.25. The first-order chi connectivity index (χ1) is 13.4. The van der Waals surface area contributed by atoms with Gasteiger partial charge in [-0.15, -0.1) is 0 Å². The highest BCUT2D eigenvalue weighted by atomic mass is 16.5. The molecule has 2 amide bonds. The van der Waals surface area contributed by atoms with Gasteiger partial charge in [-0.3, -0.25) is 9.59 Å². The molecule has 1 aliphatic heterocycles. The van der Waals surface area contributed by atoms with Crippen molar-refractivity contribution in [2.45, 2.75) is 32.8 Å². The summed E-state index contributed by atoms with van der Waals surface area (Å²) in [6.07, 6.45) is 2.70. The summed E-state index contributed by atoms with van der Waals surface area (Å²) in [7, 11) is 0. The summed E-state index contributed by atoms with van der Waals surface area (Å²) in [4.78, 5) is 30.3. The Bertz CT molecular complexity index is 838. The van der Waals surface area contributed by atoms with E-state index in [1.54, 1.807) is 19.2 Å². The van der Waals surface area contributed by atoms with Crippen LogP contribution in [0.3, 0.4) is 0 Å². The molecule has 0 saturated carbocycles. The molecule has 0 radical (unpaired) electrons. The third-order valence-electron chi connectivity index (χ3n) is 4.83. The van der Waals surface area contributed by atoms with Crippen molar-refractivity contribution in [1.82, 2.24) is 4.98 Å². The summed E-state index contributed by atoms with van der Waals surface area (Å²) >= 11 is 0. The number of nitrogens with two attached hydrogens (primary N) is 1. The number of rotatable bonds is 6. The molecule has 2 heterocycles. The molecule has 1 aliphatic rings. The van der Waals surface area contributed by atoms with Gasteiger partial charge in [-0.05, 0) is 56.5 Å². The second-order valence-corrected chi connectivity index (χ2v) is 7.16. The van der Waals surface area contributed by atoms with E-state index in [4.69, 9.17) is 10.5 Å². The van der Waals surface area contributed by atoms with Crippen molar-refractivity contribution >= 4 is 23.3 Å². The van der Waals surface area contributed by atoms with Gasteiger partial charge in [-0.25, -0.2) is 4.98 Å². The van der Waals surface area contributed by atoms with E-state index in [9.17, 15) is 9.59 Å². The molecule has 2 unspecified atom stereocenters. The number of primary amides is 1. The van der Waals surface area contributed by atoms with Crippen LogP contribution in [0.5, 0.6) is 5.75 Å². The van der Waals surface area contributed by atoms with E-state index < -0.39 is 6.10 Å². The van der Waals surface area contributed by atoms with Crippen LogP contribution in [-0.2, 0) is 9.59 Å². The molecular formula is C21H26N4O3. The largest absolute Gasteiger partial charge is 0.481 e. The molecule has 2 atom stereocenters. The van der Waals surface area contributed by atoms with E-state index >= 15 is 0 Å². The predicted molar refractivity (Wildman–Crippen MR) is 108 cm³/mol. The maximum atomic E-state index is 12.4. The average molecular weight is 382 g/mol. The second-order valence-electron chi connectivity index (χ2n) is 7.16. The number of carbonyl (C=O) groups is 2. The van der Waals surface area contributed by atoms with Gasteiger partial charge >= 0.3 is 0 Å². The lowest BCUT2D eigenvalue weighted by atomic mass is 9.97. The van der Waals surface area contributed by atoms with E-state index in [1.807, 2.05) is 42.2 Å². The highest BCUT2D eigenvalue weighted by Crippen LogP contribution is 2.22. The van der Waals surface area contributed by atoms with Gasteiger partial charge in [-0.2, -0.15) is 0 Å². The standard InChI is InChI=1S/C21H26N4O3/c1-14-5-3-7-18(11-14)28-15(2)21(27)24-17-8-9-19(23-12-17)25-10-4-6-16(13-25)20(22)26/h3,5,7-9,11-12,15-16H,4,6,10,13H2,1-2H3,(H2,22,26)(H,24,27). The summed E-state index contributed by atoms with van der Waals surface area (Å²) in [6, 6.07) is 11.2. The molecule has 1 aromatic heterocycles. The Balaban J connectivity index is 1.57. The lowest BCUT2D eigenvalue weighted by Gasteiger charge is -2.32. The Hall–Kier alpha value is -3.09. The Morgan fingerprint density at radius 1 is 1.32 bits per heavy atom. The number of anilines is 2. The first-order valence-electron chi connectivity index (χ1n) is 9.47. The summed E-state index contributed by atoms with van der Waals surface area (Å²) in [5.41, 5.74) is 7.10. The summed E-state index contributed by atoms with van der Waals surface area (Å²) in [6.45, 7) is 5.09. The normalized spacial score (nSPS) is 17.6. The molecule has 148 valence electrons. The van der Waals surface area contributed by atoms with Crippen LogP contribution in [-0.4, -0.2) is 36.0 Å². The second kappa shape index (κ2) is 8.73. The topological polar surface area (TPSA) is 97.5 Å². The zero-order valence-corrected chi connectivity index (χ0v) is 16.2. The van der Waals surface area contributed by atoms with Crippen LogP contribution in [0, 0.1) is 12.8 Å². The van der Waals surface area contributed by atoms with Crippen molar-refractivity contribution in [1.29, 1.82) is 0 Å². The zero-order valence-electron chi connectivity index (χ0n) is 16.2. The van der Waals surface area contributed by atoms with E-state index in [0.717, 1.165) is 30.8 Å². The summed E-state index contributed by atoms with van der Waals surface area (Å²) in [5, 5.41) is 2.81. The van der Waals surface area contributed by atoms with E-state index in [1.165, 1.54) is 0 Å². The minimum atomic E-state index is -0.639. The van der Waals surface area contributed by atoms with Crippen LogP contribution in [0.4, 0.5) is 11.5 Å². The van der Waals surface area contributed by atoms with Gasteiger partial charge in [0.05, 0.1) is 17.8 Å². The van der Waals surface area contributed by atoms with Crippen LogP contribution in [0.25, 0.3) is 0 Å². The molecule has 0 bridgehead atoms. The van der Waals surface area contributed by atoms with Gasteiger partial charge in [0.1, 0.15) is 11.6 Å². The zero-order chi connectivity index (χ0) is 20.1. The minimum Gasteiger partial charge on any atom is -0.481 e.